The first-order valence-electron chi connectivity index (χ1n) is 7.39. The summed E-state index contributed by atoms with van der Waals surface area (Å²) in [5.41, 5.74) is 0. The molecule has 2 rings (SSSR count). The van der Waals surface area contributed by atoms with Crippen LogP contribution in [0.15, 0.2) is 18.2 Å². The van der Waals surface area contributed by atoms with Gasteiger partial charge < -0.3 is 10.1 Å². The SMILES string of the molecule is C[C@@H](Oc1ccc(F)c(Cl)c1)C(=O)N[C@H]1CCCC[C@@H]1C. The van der Waals surface area contributed by atoms with Crippen LogP contribution in [-0.4, -0.2) is 18.1 Å². The fourth-order valence-electron chi connectivity index (χ4n) is 2.64. The predicted molar refractivity (Wildman–Crippen MR) is 81.1 cm³/mol. The van der Waals surface area contributed by atoms with Gasteiger partial charge >= 0.3 is 0 Å². The Balaban J connectivity index is 1.91. The Bertz CT molecular complexity index is 509. The highest BCUT2D eigenvalue weighted by atomic mass is 35.5. The Morgan fingerprint density at radius 3 is 2.81 bits per heavy atom. The highest BCUT2D eigenvalue weighted by Crippen LogP contribution is 2.24. The molecule has 1 amide bonds. The minimum atomic E-state index is -0.638. The van der Waals surface area contributed by atoms with Crippen molar-refractivity contribution >= 4 is 17.5 Å². The third-order valence-electron chi connectivity index (χ3n) is 4.01. The second kappa shape index (κ2) is 7.12. The predicted octanol–water partition coefficient (Wildman–Crippen LogP) is 3.94. The second-order valence-electron chi connectivity index (χ2n) is 5.71. The molecule has 1 N–H and O–H groups in total. The number of carbonyl (C=O) groups excluding carboxylic acids is 1. The Labute approximate surface area is 129 Å². The molecule has 1 aliphatic rings. The number of carbonyl (C=O) groups is 1. The van der Waals surface area contributed by atoms with E-state index in [0.717, 1.165) is 19.3 Å². The normalized spacial score (nSPS) is 23.4. The zero-order chi connectivity index (χ0) is 15.4. The first-order chi connectivity index (χ1) is 9.97. The molecule has 116 valence electrons. The molecule has 1 aliphatic carbocycles. The van der Waals surface area contributed by atoms with Gasteiger partial charge in [-0.15, -0.1) is 0 Å². The number of rotatable bonds is 4. The minimum Gasteiger partial charge on any atom is -0.481 e. The van der Waals surface area contributed by atoms with Crippen molar-refractivity contribution in [2.45, 2.75) is 51.7 Å². The minimum absolute atomic E-state index is 0.0130. The lowest BCUT2D eigenvalue weighted by Gasteiger charge is -2.30. The maximum atomic E-state index is 13.1. The Kier molecular flexibility index (Phi) is 5.45. The third-order valence-corrected chi connectivity index (χ3v) is 4.30. The molecule has 1 fully saturated rings. The van der Waals surface area contributed by atoms with Crippen molar-refractivity contribution in [2.75, 3.05) is 0 Å². The van der Waals surface area contributed by atoms with Gasteiger partial charge in [0.1, 0.15) is 11.6 Å². The molecule has 0 aromatic heterocycles. The Hall–Kier alpha value is -1.29. The van der Waals surface area contributed by atoms with Gasteiger partial charge in [-0.1, -0.05) is 31.4 Å². The summed E-state index contributed by atoms with van der Waals surface area (Å²) in [6, 6.07) is 4.29. The molecule has 0 unspecified atom stereocenters. The van der Waals surface area contributed by atoms with Crippen LogP contribution in [0, 0.1) is 11.7 Å². The fraction of sp³-hybridized carbons (Fsp3) is 0.562. The molecule has 3 atom stereocenters. The third kappa shape index (κ3) is 4.34. The molecule has 1 aromatic rings. The molecule has 1 aromatic carbocycles. The summed E-state index contributed by atoms with van der Waals surface area (Å²) in [5, 5.41) is 3.03. The van der Waals surface area contributed by atoms with Crippen molar-refractivity contribution in [1.82, 2.24) is 5.32 Å². The topological polar surface area (TPSA) is 38.3 Å². The fourth-order valence-corrected chi connectivity index (χ4v) is 2.81. The number of amides is 1. The van der Waals surface area contributed by atoms with Crippen LogP contribution in [0.4, 0.5) is 4.39 Å². The Morgan fingerprint density at radius 2 is 2.14 bits per heavy atom. The molecule has 21 heavy (non-hydrogen) atoms. The van der Waals surface area contributed by atoms with Gasteiger partial charge in [-0.3, -0.25) is 4.79 Å². The van der Waals surface area contributed by atoms with Crippen LogP contribution in [0.2, 0.25) is 5.02 Å². The highest BCUT2D eigenvalue weighted by molar-refractivity contribution is 6.30. The van der Waals surface area contributed by atoms with E-state index >= 15 is 0 Å². The molecule has 5 heteroatoms. The van der Waals surface area contributed by atoms with Gasteiger partial charge in [-0.25, -0.2) is 4.39 Å². The lowest BCUT2D eigenvalue weighted by Crippen LogP contribution is -2.46. The van der Waals surface area contributed by atoms with Crippen LogP contribution in [0.25, 0.3) is 0 Å². The van der Waals surface area contributed by atoms with Crippen LogP contribution >= 0.6 is 11.6 Å². The van der Waals surface area contributed by atoms with Gasteiger partial charge in [0.2, 0.25) is 0 Å². The van der Waals surface area contributed by atoms with Crippen LogP contribution in [-0.2, 0) is 4.79 Å². The summed E-state index contributed by atoms with van der Waals surface area (Å²) < 4.78 is 18.6. The maximum absolute atomic E-state index is 13.1. The number of nitrogens with one attached hydrogen (secondary N) is 1. The monoisotopic (exact) mass is 313 g/mol. The first-order valence-corrected chi connectivity index (χ1v) is 7.77. The lowest BCUT2D eigenvalue weighted by atomic mass is 9.86. The molecule has 1 saturated carbocycles. The Morgan fingerprint density at radius 1 is 1.43 bits per heavy atom. The molecular formula is C16H21ClFNO2. The van der Waals surface area contributed by atoms with Crippen molar-refractivity contribution in [1.29, 1.82) is 0 Å². The summed E-state index contributed by atoms with van der Waals surface area (Å²) in [5.74, 6) is 0.238. The average Bonchev–Trinajstić information content (AvgIpc) is 2.45. The summed E-state index contributed by atoms with van der Waals surface area (Å²) >= 11 is 5.70. The van der Waals surface area contributed by atoms with Gasteiger partial charge in [0.25, 0.3) is 5.91 Å². The van der Waals surface area contributed by atoms with Crippen LogP contribution < -0.4 is 10.1 Å². The van der Waals surface area contributed by atoms with Crippen molar-refractivity contribution in [3.8, 4) is 5.75 Å². The van der Waals surface area contributed by atoms with E-state index in [1.807, 2.05) is 0 Å². The smallest absolute Gasteiger partial charge is 0.261 e. The zero-order valence-electron chi connectivity index (χ0n) is 12.4. The highest BCUT2D eigenvalue weighted by Gasteiger charge is 2.25. The van der Waals surface area contributed by atoms with Gasteiger partial charge in [0.15, 0.2) is 6.10 Å². The zero-order valence-corrected chi connectivity index (χ0v) is 13.1. The van der Waals surface area contributed by atoms with E-state index < -0.39 is 11.9 Å². The number of benzene rings is 1. The largest absolute Gasteiger partial charge is 0.481 e. The number of hydrogen-bond acceptors (Lipinski definition) is 2. The quantitative estimate of drug-likeness (QED) is 0.914. The molecule has 0 saturated heterocycles. The van der Waals surface area contributed by atoms with E-state index in [9.17, 15) is 9.18 Å². The summed E-state index contributed by atoms with van der Waals surface area (Å²) in [6.45, 7) is 3.84. The molecule has 0 heterocycles. The molecule has 3 nitrogen and oxygen atoms in total. The van der Waals surface area contributed by atoms with Gasteiger partial charge in [-0.2, -0.15) is 0 Å². The van der Waals surface area contributed by atoms with E-state index in [4.69, 9.17) is 16.3 Å². The van der Waals surface area contributed by atoms with E-state index in [-0.39, 0.29) is 17.0 Å². The lowest BCUT2D eigenvalue weighted by molar-refractivity contribution is -0.128. The molecule has 0 spiro atoms. The van der Waals surface area contributed by atoms with Gasteiger partial charge in [0, 0.05) is 12.1 Å². The van der Waals surface area contributed by atoms with E-state index in [0.29, 0.717) is 11.7 Å². The van der Waals surface area contributed by atoms with Gasteiger partial charge in [-0.05, 0) is 37.8 Å². The van der Waals surface area contributed by atoms with Crippen molar-refractivity contribution in [2.24, 2.45) is 5.92 Å². The van der Waals surface area contributed by atoms with Crippen molar-refractivity contribution in [3.05, 3.63) is 29.0 Å². The van der Waals surface area contributed by atoms with E-state index in [1.165, 1.54) is 24.6 Å². The molecule has 0 bridgehead atoms. The van der Waals surface area contributed by atoms with Crippen molar-refractivity contribution < 1.29 is 13.9 Å². The van der Waals surface area contributed by atoms with Gasteiger partial charge in [0.05, 0.1) is 5.02 Å². The van der Waals surface area contributed by atoms with E-state index in [1.54, 1.807) is 6.92 Å². The average molecular weight is 314 g/mol. The first kappa shape index (κ1) is 16.1. The molecule has 0 radical (unpaired) electrons. The van der Waals surface area contributed by atoms with E-state index in [2.05, 4.69) is 12.2 Å². The van der Waals surface area contributed by atoms with Crippen molar-refractivity contribution in [3.63, 3.8) is 0 Å². The number of hydrogen-bond donors (Lipinski definition) is 1. The summed E-state index contributed by atoms with van der Waals surface area (Å²) in [4.78, 5) is 12.2. The number of halogens is 2. The summed E-state index contributed by atoms with van der Waals surface area (Å²) in [7, 11) is 0. The van der Waals surface area contributed by atoms with Crippen LogP contribution in [0.3, 0.4) is 0 Å². The van der Waals surface area contributed by atoms with Crippen LogP contribution in [0.1, 0.15) is 39.5 Å². The number of ether oxygens (including phenoxy) is 1. The second-order valence-corrected chi connectivity index (χ2v) is 6.12. The standard InChI is InChI=1S/C16H21ClFNO2/c1-10-5-3-4-6-15(10)19-16(20)11(2)21-12-7-8-14(18)13(17)9-12/h7-11,15H,3-6H2,1-2H3,(H,19,20)/t10-,11+,15-/m0/s1. The molecule has 0 aliphatic heterocycles. The summed E-state index contributed by atoms with van der Waals surface area (Å²) in [6.07, 6.45) is 3.90. The van der Waals surface area contributed by atoms with Crippen LogP contribution in [0.5, 0.6) is 5.75 Å². The maximum Gasteiger partial charge on any atom is 0.261 e. The molecular weight excluding hydrogens is 293 g/mol.